The van der Waals surface area contributed by atoms with Gasteiger partial charge in [-0.3, -0.25) is 0 Å². The molecule has 1 N–H and O–H groups in total. The Balaban J connectivity index is 2.40. The molecule has 0 bridgehead atoms. The molecular formula is C11H12ClNO2. The van der Waals surface area contributed by atoms with Crippen molar-refractivity contribution in [2.75, 3.05) is 13.7 Å². The molecule has 0 spiro atoms. The summed E-state index contributed by atoms with van der Waals surface area (Å²) in [4.78, 5) is 11.5. The first kappa shape index (κ1) is 10.5. The Morgan fingerprint density at radius 1 is 1.60 bits per heavy atom. The molecule has 0 fully saturated rings. The lowest BCUT2D eigenvalue weighted by Gasteiger charge is -2.24. The minimum atomic E-state index is -0.377. The van der Waals surface area contributed by atoms with E-state index in [9.17, 15) is 4.79 Å². The van der Waals surface area contributed by atoms with Gasteiger partial charge in [-0.05, 0) is 29.7 Å². The summed E-state index contributed by atoms with van der Waals surface area (Å²) >= 11 is 5.91. The number of carbonyl (C=O) groups is 1. The van der Waals surface area contributed by atoms with Crippen LogP contribution in [0.5, 0.6) is 0 Å². The van der Waals surface area contributed by atoms with Crippen molar-refractivity contribution in [3.8, 4) is 0 Å². The number of benzene rings is 1. The molecule has 0 radical (unpaired) electrons. The zero-order chi connectivity index (χ0) is 10.8. The number of carbonyl (C=O) groups excluding carboxylic acids is 1. The van der Waals surface area contributed by atoms with E-state index in [1.165, 1.54) is 7.11 Å². The van der Waals surface area contributed by atoms with Crippen LogP contribution in [0.1, 0.15) is 17.2 Å². The number of ether oxygens (including phenoxy) is 1. The molecule has 1 aromatic carbocycles. The van der Waals surface area contributed by atoms with Gasteiger partial charge in [0.15, 0.2) is 0 Å². The second kappa shape index (κ2) is 4.21. The number of nitrogens with one attached hydrogen (secondary N) is 1. The maximum atomic E-state index is 11.5. The third-order valence-electron chi connectivity index (χ3n) is 2.60. The lowest BCUT2D eigenvalue weighted by Crippen LogP contribution is -2.35. The number of methoxy groups -OCH3 is 1. The van der Waals surface area contributed by atoms with E-state index in [1.54, 1.807) is 0 Å². The molecule has 1 aliphatic heterocycles. The molecule has 0 unspecified atom stereocenters. The lowest BCUT2D eigenvalue weighted by molar-refractivity contribution is -0.143. The van der Waals surface area contributed by atoms with Gasteiger partial charge in [0, 0.05) is 11.6 Å². The van der Waals surface area contributed by atoms with Crippen LogP contribution < -0.4 is 5.32 Å². The minimum absolute atomic E-state index is 0.266. The summed E-state index contributed by atoms with van der Waals surface area (Å²) < 4.78 is 4.74. The van der Waals surface area contributed by atoms with Crippen LogP contribution in [0.15, 0.2) is 18.2 Å². The number of halogens is 1. The molecule has 3 nitrogen and oxygen atoms in total. The zero-order valence-corrected chi connectivity index (χ0v) is 9.17. The largest absolute Gasteiger partial charge is 0.468 e. The standard InChI is InChI=1S/C11H12ClNO2/c1-15-11(14)10-9-6-8(12)3-2-7(9)4-5-13-10/h2-3,6,10,13H,4-5H2,1H3/t10-/m0/s1. The van der Waals surface area contributed by atoms with Crippen LogP contribution in [0.25, 0.3) is 0 Å². The molecule has 0 saturated carbocycles. The van der Waals surface area contributed by atoms with Crippen molar-refractivity contribution in [2.24, 2.45) is 0 Å². The van der Waals surface area contributed by atoms with Crippen molar-refractivity contribution in [3.63, 3.8) is 0 Å². The van der Waals surface area contributed by atoms with Crippen molar-refractivity contribution < 1.29 is 9.53 Å². The van der Waals surface area contributed by atoms with Crippen molar-refractivity contribution in [1.82, 2.24) is 5.32 Å². The Labute approximate surface area is 93.4 Å². The maximum Gasteiger partial charge on any atom is 0.327 e. The van der Waals surface area contributed by atoms with Gasteiger partial charge in [-0.15, -0.1) is 0 Å². The summed E-state index contributed by atoms with van der Waals surface area (Å²) in [5, 5.41) is 3.76. The topological polar surface area (TPSA) is 38.3 Å². The number of hydrogen-bond donors (Lipinski definition) is 1. The van der Waals surface area contributed by atoms with Gasteiger partial charge in [-0.2, -0.15) is 0 Å². The molecule has 0 saturated heterocycles. The minimum Gasteiger partial charge on any atom is -0.468 e. The Morgan fingerprint density at radius 3 is 3.13 bits per heavy atom. The predicted molar refractivity (Wildman–Crippen MR) is 57.9 cm³/mol. The van der Waals surface area contributed by atoms with E-state index in [-0.39, 0.29) is 12.0 Å². The van der Waals surface area contributed by atoms with Crippen molar-refractivity contribution in [1.29, 1.82) is 0 Å². The molecule has 1 aromatic rings. The number of esters is 1. The average Bonchev–Trinajstić information content (AvgIpc) is 2.27. The zero-order valence-electron chi connectivity index (χ0n) is 8.42. The van der Waals surface area contributed by atoms with Gasteiger partial charge < -0.3 is 10.1 Å². The fourth-order valence-corrected chi connectivity index (χ4v) is 2.03. The smallest absolute Gasteiger partial charge is 0.327 e. The number of fused-ring (bicyclic) bond motifs is 1. The van der Waals surface area contributed by atoms with Gasteiger partial charge in [-0.1, -0.05) is 17.7 Å². The van der Waals surface area contributed by atoms with Gasteiger partial charge in [0.2, 0.25) is 0 Å². The summed E-state index contributed by atoms with van der Waals surface area (Å²) in [5.74, 6) is -0.266. The average molecular weight is 226 g/mol. The highest BCUT2D eigenvalue weighted by Crippen LogP contribution is 2.26. The predicted octanol–water partition coefficient (Wildman–Crippen LogP) is 1.70. The van der Waals surface area contributed by atoms with Crippen LogP contribution in [-0.4, -0.2) is 19.6 Å². The molecular weight excluding hydrogens is 214 g/mol. The SMILES string of the molecule is COC(=O)[C@H]1NCCc2ccc(Cl)cc21. The quantitative estimate of drug-likeness (QED) is 0.740. The molecule has 1 aliphatic rings. The van der Waals surface area contributed by atoms with E-state index in [0.29, 0.717) is 5.02 Å². The molecule has 15 heavy (non-hydrogen) atoms. The van der Waals surface area contributed by atoms with Crippen molar-refractivity contribution in [2.45, 2.75) is 12.5 Å². The first-order chi connectivity index (χ1) is 7.22. The fourth-order valence-electron chi connectivity index (χ4n) is 1.85. The third kappa shape index (κ3) is 1.98. The lowest BCUT2D eigenvalue weighted by atomic mass is 9.94. The van der Waals surface area contributed by atoms with Crippen LogP contribution in [0.4, 0.5) is 0 Å². The van der Waals surface area contributed by atoms with Crippen molar-refractivity contribution in [3.05, 3.63) is 34.3 Å². The molecule has 2 rings (SSSR count). The molecule has 0 aliphatic carbocycles. The van der Waals surface area contributed by atoms with Crippen LogP contribution in [0.3, 0.4) is 0 Å². The highest BCUT2D eigenvalue weighted by Gasteiger charge is 2.26. The van der Waals surface area contributed by atoms with E-state index < -0.39 is 0 Å². The molecule has 80 valence electrons. The second-order valence-electron chi connectivity index (χ2n) is 3.50. The fraction of sp³-hybridized carbons (Fsp3) is 0.364. The Kier molecular flexibility index (Phi) is 2.93. The number of hydrogen-bond acceptors (Lipinski definition) is 3. The van der Waals surface area contributed by atoms with E-state index in [4.69, 9.17) is 16.3 Å². The van der Waals surface area contributed by atoms with E-state index in [0.717, 1.165) is 24.1 Å². The van der Waals surface area contributed by atoms with Crippen LogP contribution in [-0.2, 0) is 16.0 Å². The summed E-state index contributed by atoms with van der Waals surface area (Å²) in [6.07, 6.45) is 0.917. The summed E-state index contributed by atoms with van der Waals surface area (Å²) in [7, 11) is 1.39. The normalized spacial score (nSPS) is 19.5. The molecule has 4 heteroatoms. The van der Waals surface area contributed by atoms with Gasteiger partial charge >= 0.3 is 5.97 Å². The maximum absolute atomic E-state index is 11.5. The Bertz CT molecular complexity index is 392. The summed E-state index contributed by atoms with van der Waals surface area (Å²) in [5.41, 5.74) is 2.09. The molecule has 1 atom stereocenters. The van der Waals surface area contributed by atoms with Gasteiger partial charge in [0.1, 0.15) is 6.04 Å². The van der Waals surface area contributed by atoms with Gasteiger partial charge in [0.05, 0.1) is 7.11 Å². The molecule has 0 aromatic heterocycles. The Morgan fingerprint density at radius 2 is 2.40 bits per heavy atom. The first-order valence-electron chi connectivity index (χ1n) is 4.82. The van der Waals surface area contributed by atoms with E-state index in [2.05, 4.69) is 5.32 Å². The number of rotatable bonds is 1. The third-order valence-corrected chi connectivity index (χ3v) is 2.83. The van der Waals surface area contributed by atoms with Crippen LogP contribution in [0.2, 0.25) is 5.02 Å². The highest BCUT2D eigenvalue weighted by atomic mass is 35.5. The molecule has 1 heterocycles. The van der Waals surface area contributed by atoms with Crippen LogP contribution in [0, 0.1) is 0 Å². The van der Waals surface area contributed by atoms with Crippen molar-refractivity contribution >= 4 is 17.6 Å². The monoisotopic (exact) mass is 225 g/mol. The van der Waals surface area contributed by atoms with Gasteiger partial charge in [-0.25, -0.2) is 4.79 Å². The van der Waals surface area contributed by atoms with Gasteiger partial charge in [0.25, 0.3) is 0 Å². The first-order valence-corrected chi connectivity index (χ1v) is 5.19. The summed E-state index contributed by atoms with van der Waals surface area (Å²) in [6, 6.07) is 5.26. The van der Waals surface area contributed by atoms with E-state index >= 15 is 0 Å². The summed E-state index contributed by atoms with van der Waals surface area (Å²) in [6.45, 7) is 0.786. The highest BCUT2D eigenvalue weighted by molar-refractivity contribution is 6.30. The van der Waals surface area contributed by atoms with E-state index in [1.807, 2.05) is 18.2 Å². The Hall–Kier alpha value is -1.06. The second-order valence-corrected chi connectivity index (χ2v) is 3.94. The molecule has 0 amide bonds. The van der Waals surface area contributed by atoms with Crippen LogP contribution >= 0.6 is 11.6 Å².